The van der Waals surface area contributed by atoms with Gasteiger partial charge in [0.15, 0.2) is 11.4 Å². The lowest BCUT2D eigenvalue weighted by atomic mass is 10.0. The van der Waals surface area contributed by atoms with Crippen molar-refractivity contribution in [2.45, 2.75) is 25.8 Å². The minimum absolute atomic E-state index is 0.0707. The highest BCUT2D eigenvalue weighted by atomic mass is 19.1. The maximum atomic E-state index is 14.5. The number of rotatable bonds is 4. The van der Waals surface area contributed by atoms with Crippen LogP contribution in [0.3, 0.4) is 0 Å². The van der Waals surface area contributed by atoms with E-state index in [-0.39, 0.29) is 23.3 Å². The Balaban J connectivity index is 1.40. The molecule has 10 nitrogen and oxygen atoms in total. The van der Waals surface area contributed by atoms with Crippen LogP contribution >= 0.6 is 0 Å². The van der Waals surface area contributed by atoms with E-state index in [1.165, 1.54) is 12.1 Å². The van der Waals surface area contributed by atoms with Gasteiger partial charge in [0.05, 0.1) is 35.2 Å². The van der Waals surface area contributed by atoms with Crippen molar-refractivity contribution in [3.63, 3.8) is 0 Å². The molecule has 5 heterocycles. The molecule has 1 aliphatic carbocycles. The van der Waals surface area contributed by atoms with Gasteiger partial charge in [0.25, 0.3) is 0 Å². The number of benzene rings is 1. The van der Waals surface area contributed by atoms with Crippen LogP contribution in [0.15, 0.2) is 30.7 Å². The lowest BCUT2D eigenvalue weighted by molar-refractivity contribution is 0.438. The summed E-state index contributed by atoms with van der Waals surface area (Å²) in [6, 6.07) is 3.21. The fourth-order valence-electron chi connectivity index (χ4n) is 5.27. The quantitative estimate of drug-likeness (QED) is 0.363. The number of aromatic nitrogens is 6. The van der Waals surface area contributed by atoms with Crippen molar-refractivity contribution in [3.8, 4) is 11.8 Å². The van der Waals surface area contributed by atoms with Crippen LogP contribution < -0.4 is 20.7 Å². The van der Waals surface area contributed by atoms with Crippen molar-refractivity contribution in [1.82, 2.24) is 29.5 Å². The predicted octanol–water partition coefficient (Wildman–Crippen LogP) is 3.36. The van der Waals surface area contributed by atoms with E-state index in [0.717, 1.165) is 41.5 Å². The average Bonchev–Trinajstić information content (AvgIpc) is 3.25. The van der Waals surface area contributed by atoms with Crippen molar-refractivity contribution < 1.29 is 9.13 Å². The molecule has 0 radical (unpaired) electrons. The van der Waals surface area contributed by atoms with E-state index in [1.54, 1.807) is 30.2 Å². The molecule has 2 aliphatic rings. The van der Waals surface area contributed by atoms with Gasteiger partial charge in [0.1, 0.15) is 17.3 Å². The van der Waals surface area contributed by atoms with Gasteiger partial charge >= 0.3 is 6.01 Å². The molecule has 2 fully saturated rings. The van der Waals surface area contributed by atoms with E-state index < -0.39 is 0 Å². The second-order valence-corrected chi connectivity index (χ2v) is 9.64. The van der Waals surface area contributed by atoms with Gasteiger partial charge in [-0.15, -0.1) is 0 Å². The normalized spacial score (nSPS) is 18.9. The molecule has 1 aliphatic heterocycles. The molecule has 1 aromatic carbocycles. The molecule has 1 saturated heterocycles. The van der Waals surface area contributed by atoms with Crippen molar-refractivity contribution in [1.29, 1.82) is 0 Å². The molecule has 0 bridgehead atoms. The number of ether oxygens (including phenoxy) is 1. The molecule has 1 atom stereocenters. The van der Waals surface area contributed by atoms with Crippen LogP contribution in [0.25, 0.3) is 27.6 Å². The molecule has 1 saturated carbocycles. The minimum atomic E-state index is -0.334. The molecule has 7 rings (SSSR count). The standard InChI is InChI=1S/C24H24FN9O/c1-12-7-29-34-9-14(8-28-21(12)34)35-23-31-20-18(15-5-13(25)6-16(27-2)19(15)30-20)22(32-23)33-10-17(26)24(11-33)3-4-24/h5-9,17,27H,3-4,10-11,26H2,1-2H3,(H,30,31,32)/t17-/m0/s1. The fraction of sp³-hybridized carbons (Fsp3) is 0.333. The Morgan fingerprint density at radius 1 is 1.26 bits per heavy atom. The molecule has 35 heavy (non-hydrogen) atoms. The summed E-state index contributed by atoms with van der Waals surface area (Å²) in [6.45, 7) is 3.43. The highest BCUT2D eigenvalue weighted by molar-refractivity contribution is 6.14. The van der Waals surface area contributed by atoms with Crippen molar-refractivity contribution in [2.24, 2.45) is 11.1 Å². The molecule has 1 spiro atoms. The first-order valence-electron chi connectivity index (χ1n) is 11.6. The zero-order valence-corrected chi connectivity index (χ0v) is 19.3. The summed E-state index contributed by atoms with van der Waals surface area (Å²) in [4.78, 5) is 19.4. The second-order valence-electron chi connectivity index (χ2n) is 9.64. The van der Waals surface area contributed by atoms with Crippen LogP contribution in [-0.2, 0) is 0 Å². The number of aromatic amines is 1. The third kappa shape index (κ3) is 3.04. The van der Waals surface area contributed by atoms with Gasteiger partial charge in [-0.05, 0) is 31.9 Å². The smallest absolute Gasteiger partial charge is 0.326 e. The van der Waals surface area contributed by atoms with Crippen LogP contribution in [0.1, 0.15) is 18.4 Å². The largest absolute Gasteiger partial charge is 0.421 e. The Morgan fingerprint density at radius 2 is 2.11 bits per heavy atom. The molecule has 178 valence electrons. The highest BCUT2D eigenvalue weighted by Gasteiger charge is 2.54. The second kappa shape index (κ2) is 7.01. The zero-order valence-electron chi connectivity index (χ0n) is 19.3. The first kappa shape index (κ1) is 20.4. The van der Waals surface area contributed by atoms with Crippen molar-refractivity contribution >= 4 is 39.1 Å². The summed E-state index contributed by atoms with van der Waals surface area (Å²) in [5, 5.41) is 8.83. The van der Waals surface area contributed by atoms with Gasteiger partial charge in [-0.1, -0.05) is 0 Å². The van der Waals surface area contributed by atoms with Crippen LogP contribution in [0.4, 0.5) is 15.9 Å². The third-order valence-electron chi connectivity index (χ3n) is 7.37. The first-order chi connectivity index (χ1) is 16.9. The number of anilines is 2. The topological polar surface area (TPSA) is 122 Å². The van der Waals surface area contributed by atoms with E-state index in [1.807, 2.05) is 6.92 Å². The molecule has 11 heteroatoms. The molecule has 4 aromatic heterocycles. The maximum absolute atomic E-state index is 14.5. The minimum Gasteiger partial charge on any atom is -0.421 e. The van der Waals surface area contributed by atoms with E-state index in [9.17, 15) is 4.39 Å². The SMILES string of the molecule is CNc1cc(F)cc2c1[nH]c1nc(Oc3cnc4c(C)cnn4c3)nc(N3C[C@H](N)C4(CC4)C3)c12. The third-order valence-corrected chi connectivity index (χ3v) is 7.37. The van der Waals surface area contributed by atoms with Gasteiger partial charge in [-0.25, -0.2) is 13.9 Å². The Bertz CT molecular complexity index is 1640. The fourth-order valence-corrected chi connectivity index (χ4v) is 5.27. The Hall–Kier alpha value is -3.99. The number of hydrogen-bond acceptors (Lipinski definition) is 8. The van der Waals surface area contributed by atoms with Gasteiger partial charge in [0.2, 0.25) is 0 Å². The first-order valence-corrected chi connectivity index (χ1v) is 11.6. The van der Waals surface area contributed by atoms with E-state index in [4.69, 9.17) is 15.5 Å². The van der Waals surface area contributed by atoms with Gasteiger partial charge in [-0.3, -0.25) is 0 Å². The summed E-state index contributed by atoms with van der Waals surface area (Å²) in [7, 11) is 1.76. The van der Waals surface area contributed by atoms with Gasteiger partial charge in [0, 0.05) is 42.5 Å². The number of H-pyrrole nitrogens is 1. The highest BCUT2D eigenvalue weighted by Crippen LogP contribution is 2.53. The van der Waals surface area contributed by atoms with Crippen LogP contribution in [0, 0.1) is 18.2 Å². The number of halogens is 1. The predicted molar refractivity (Wildman–Crippen MR) is 131 cm³/mol. The average molecular weight is 474 g/mol. The molecular formula is C24H24FN9O. The van der Waals surface area contributed by atoms with Crippen LogP contribution in [0.5, 0.6) is 11.8 Å². The summed E-state index contributed by atoms with van der Waals surface area (Å²) < 4.78 is 22.2. The monoisotopic (exact) mass is 473 g/mol. The molecule has 0 amide bonds. The summed E-state index contributed by atoms with van der Waals surface area (Å²) >= 11 is 0. The number of aryl methyl sites for hydroxylation is 1. The Labute approximate surface area is 199 Å². The maximum Gasteiger partial charge on any atom is 0.326 e. The molecular weight excluding hydrogens is 449 g/mol. The Kier molecular flexibility index (Phi) is 4.09. The lowest BCUT2D eigenvalue weighted by Gasteiger charge is -2.19. The van der Waals surface area contributed by atoms with Crippen LogP contribution in [0.2, 0.25) is 0 Å². The van der Waals surface area contributed by atoms with E-state index in [2.05, 4.69) is 30.3 Å². The lowest BCUT2D eigenvalue weighted by Crippen LogP contribution is -2.30. The molecule has 5 aromatic rings. The number of fused-ring (bicyclic) bond motifs is 4. The number of nitrogens with one attached hydrogen (secondary N) is 2. The number of nitrogens with zero attached hydrogens (tertiary/aromatic N) is 6. The zero-order chi connectivity index (χ0) is 23.9. The van der Waals surface area contributed by atoms with Crippen molar-refractivity contribution in [3.05, 3.63) is 42.1 Å². The van der Waals surface area contributed by atoms with E-state index in [0.29, 0.717) is 34.8 Å². The van der Waals surface area contributed by atoms with Crippen molar-refractivity contribution in [2.75, 3.05) is 30.4 Å². The van der Waals surface area contributed by atoms with Gasteiger partial charge in [-0.2, -0.15) is 15.1 Å². The summed E-state index contributed by atoms with van der Waals surface area (Å²) in [6.07, 6.45) is 7.35. The number of nitrogens with two attached hydrogens (primary N) is 1. The molecule has 0 unspecified atom stereocenters. The van der Waals surface area contributed by atoms with E-state index >= 15 is 0 Å². The number of hydrogen-bond donors (Lipinski definition) is 3. The summed E-state index contributed by atoms with van der Waals surface area (Å²) in [5.41, 5.74) is 10.3. The molecule has 4 N–H and O–H groups in total. The summed E-state index contributed by atoms with van der Waals surface area (Å²) in [5.74, 6) is 0.813. The van der Waals surface area contributed by atoms with Crippen LogP contribution in [-0.4, -0.2) is 55.7 Å². The Morgan fingerprint density at radius 3 is 2.89 bits per heavy atom. The van der Waals surface area contributed by atoms with Gasteiger partial charge < -0.3 is 25.7 Å².